The molecule has 0 atom stereocenters. The fourth-order valence-corrected chi connectivity index (χ4v) is 1.12. The van der Waals surface area contributed by atoms with Gasteiger partial charge >= 0.3 is 0 Å². The first-order valence-corrected chi connectivity index (χ1v) is 3.92. The summed E-state index contributed by atoms with van der Waals surface area (Å²) in [7, 11) is 0. The second-order valence-electron chi connectivity index (χ2n) is 2.66. The van der Waals surface area contributed by atoms with Gasteiger partial charge in [-0.05, 0) is 12.5 Å². The van der Waals surface area contributed by atoms with E-state index in [0.29, 0.717) is 13.1 Å². The molecule has 0 bridgehead atoms. The largest absolute Gasteiger partial charge is 0.335 e. The van der Waals surface area contributed by atoms with Gasteiger partial charge in [-0.3, -0.25) is 9.59 Å². The average Bonchev–Trinajstić information content (AvgIpc) is 2.47. The Labute approximate surface area is 71.2 Å². The van der Waals surface area contributed by atoms with E-state index >= 15 is 0 Å². The molecule has 0 aromatic heterocycles. The molecule has 1 aliphatic rings. The number of carbonyl (C=O) groups excluding carboxylic acids is 2. The molecule has 1 N–H and O–H groups in total. The third-order valence-corrected chi connectivity index (χ3v) is 1.80. The molecule has 0 radical (unpaired) electrons. The maximum Gasteiger partial charge on any atom is 0.244 e. The van der Waals surface area contributed by atoms with E-state index in [0.717, 1.165) is 13.0 Å². The van der Waals surface area contributed by atoms with E-state index < -0.39 is 0 Å². The first-order valence-electron chi connectivity index (χ1n) is 3.92. The van der Waals surface area contributed by atoms with Crippen LogP contribution < -0.4 is 5.32 Å². The molecule has 0 aliphatic carbocycles. The Morgan fingerprint density at radius 3 is 3.00 bits per heavy atom. The van der Waals surface area contributed by atoms with Gasteiger partial charge in [0.2, 0.25) is 11.8 Å². The third-order valence-electron chi connectivity index (χ3n) is 1.80. The van der Waals surface area contributed by atoms with Crippen LogP contribution in [0.5, 0.6) is 0 Å². The van der Waals surface area contributed by atoms with Crippen LogP contribution in [0.4, 0.5) is 0 Å². The second-order valence-corrected chi connectivity index (χ2v) is 2.66. The van der Waals surface area contributed by atoms with Crippen molar-refractivity contribution in [2.75, 3.05) is 13.2 Å². The van der Waals surface area contributed by atoms with Gasteiger partial charge in [-0.1, -0.05) is 6.58 Å². The molecule has 0 aromatic carbocycles. The highest BCUT2D eigenvalue weighted by Crippen LogP contribution is 2.07. The van der Waals surface area contributed by atoms with Crippen molar-refractivity contribution in [1.82, 2.24) is 10.2 Å². The van der Waals surface area contributed by atoms with E-state index in [4.69, 9.17) is 0 Å². The van der Waals surface area contributed by atoms with Gasteiger partial charge in [0.05, 0.1) is 6.67 Å². The minimum Gasteiger partial charge on any atom is -0.335 e. The molecule has 4 nitrogen and oxygen atoms in total. The lowest BCUT2D eigenvalue weighted by Crippen LogP contribution is -2.37. The molecule has 12 heavy (non-hydrogen) atoms. The van der Waals surface area contributed by atoms with Gasteiger partial charge in [-0.25, -0.2) is 0 Å². The zero-order valence-electron chi connectivity index (χ0n) is 6.88. The van der Waals surface area contributed by atoms with Crippen LogP contribution in [0.25, 0.3) is 0 Å². The highest BCUT2D eigenvalue weighted by molar-refractivity contribution is 5.87. The molecule has 0 unspecified atom stereocenters. The van der Waals surface area contributed by atoms with Gasteiger partial charge in [-0.15, -0.1) is 0 Å². The minimum atomic E-state index is -0.241. The third kappa shape index (κ3) is 2.08. The molecule has 0 aromatic rings. The molecule has 1 heterocycles. The summed E-state index contributed by atoms with van der Waals surface area (Å²) in [5.41, 5.74) is 0. The molecule has 4 heteroatoms. The smallest absolute Gasteiger partial charge is 0.244 e. The fourth-order valence-electron chi connectivity index (χ4n) is 1.12. The van der Waals surface area contributed by atoms with Gasteiger partial charge in [0.15, 0.2) is 0 Å². The molecule has 0 spiro atoms. The minimum absolute atomic E-state index is 0.111. The second kappa shape index (κ2) is 3.90. The summed E-state index contributed by atoms with van der Waals surface area (Å²) in [5.74, 6) is -0.130. The van der Waals surface area contributed by atoms with Gasteiger partial charge in [-0.2, -0.15) is 0 Å². The Hall–Kier alpha value is -1.32. The van der Waals surface area contributed by atoms with Crippen molar-refractivity contribution in [2.24, 2.45) is 0 Å². The lowest BCUT2D eigenvalue weighted by Gasteiger charge is -2.14. The molecule has 66 valence electrons. The molecular formula is C8H12N2O2. The van der Waals surface area contributed by atoms with E-state index in [1.165, 1.54) is 6.08 Å². The molecule has 1 fully saturated rings. The Morgan fingerprint density at radius 2 is 2.50 bits per heavy atom. The number of hydrogen-bond donors (Lipinski definition) is 1. The number of rotatable bonds is 3. The number of likely N-dealkylation sites (tertiary alicyclic amines) is 1. The van der Waals surface area contributed by atoms with E-state index in [-0.39, 0.29) is 11.8 Å². The highest BCUT2D eigenvalue weighted by atomic mass is 16.2. The highest BCUT2D eigenvalue weighted by Gasteiger charge is 2.19. The van der Waals surface area contributed by atoms with Crippen LogP contribution in [0, 0.1) is 0 Å². The Balaban J connectivity index is 2.27. The van der Waals surface area contributed by atoms with Crippen molar-refractivity contribution in [3.05, 3.63) is 12.7 Å². The van der Waals surface area contributed by atoms with Crippen LogP contribution in [-0.4, -0.2) is 29.9 Å². The summed E-state index contributed by atoms with van der Waals surface area (Å²) in [6, 6.07) is 0. The molecule has 1 aliphatic heterocycles. The van der Waals surface area contributed by atoms with Crippen LogP contribution >= 0.6 is 0 Å². The summed E-state index contributed by atoms with van der Waals surface area (Å²) in [4.78, 5) is 23.4. The van der Waals surface area contributed by atoms with Gasteiger partial charge < -0.3 is 10.2 Å². The van der Waals surface area contributed by atoms with Crippen molar-refractivity contribution in [1.29, 1.82) is 0 Å². The fraction of sp³-hybridized carbons (Fsp3) is 0.500. The number of carbonyl (C=O) groups is 2. The maximum absolute atomic E-state index is 11.0. The molecule has 1 rings (SSSR count). The van der Waals surface area contributed by atoms with Gasteiger partial charge in [0, 0.05) is 13.0 Å². The topological polar surface area (TPSA) is 49.4 Å². The predicted molar refractivity (Wildman–Crippen MR) is 44.2 cm³/mol. The molecule has 2 amide bonds. The summed E-state index contributed by atoms with van der Waals surface area (Å²) >= 11 is 0. The zero-order valence-corrected chi connectivity index (χ0v) is 6.88. The van der Waals surface area contributed by atoms with E-state index in [1.807, 2.05) is 0 Å². The summed E-state index contributed by atoms with van der Waals surface area (Å²) in [5, 5.41) is 2.55. The molecular weight excluding hydrogens is 156 g/mol. The normalized spacial score (nSPS) is 16.3. The Kier molecular flexibility index (Phi) is 2.85. The molecule has 1 saturated heterocycles. The number of amides is 2. The maximum atomic E-state index is 11.0. The van der Waals surface area contributed by atoms with Crippen molar-refractivity contribution in [3.63, 3.8) is 0 Å². The zero-order chi connectivity index (χ0) is 8.97. The lowest BCUT2D eigenvalue weighted by molar-refractivity contribution is -0.128. The van der Waals surface area contributed by atoms with Gasteiger partial charge in [0.25, 0.3) is 0 Å². The van der Waals surface area contributed by atoms with Crippen molar-refractivity contribution in [3.8, 4) is 0 Å². The van der Waals surface area contributed by atoms with E-state index in [1.54, 1.807) is 4.90 Å². The van der Waals surface area contributed by atoms with Gasteiger partial charge in [0.1, 0.15) is 0 Å². The standard InChI is InChI=1S/C8H12N2O2/c1-2-7(11)9-6-10-5-3-4-8(10)12/h2H,1,3-6H2,(H,9,11). The number of hydrogen-bond acceptors (Lipinski definition) is 2. The van der Waals surface area contributed by atoms with E-state index in [2.05, 4.69) is 11.9 Å². The molecule has 0 saturated carbocycles. The first-order chi connectivity index (χ1) is 5.74. The van der Waals surface area contributed by atoms with Crippen molar-refractivity contribution >= 4 is 11.8 Å². The quantitative estimate of drug-likeness (QED) is 0.597. The first kappa shape index (κ1) is 8.77. The van der Waals surface area contributed by atoms with Crippen LogP contribution in [0.1, 0.15) is 12.8 Å². The van der Waals surface area contributed by atoms with Crippen LogP contribution in [0.15, 0.2) is 12.7 Å². The van der Waals surface area contributed by atoms with Crippen LogP contribution in [0.2, 0.25) is 0 Å². The van der Waals surface area contributed by atoms with Crippen molar-refractivity contribution < 1.29 is 9.59 Å². The summed E-state index contributed by atoms with van der Waals surface area (Å²) in [6.45, 7) is 4.36. The number of nitrogens with one attached hydrogen (secondary N) is 1. The Morgan fingerprint density at radius 1 is 1.75 bits per heavy atom. The van der Waals surface area contributed by atoms with Crippen LogP contribution in [0.3, 0.4) is 0 Å². The number of nitrogens with zero attached hydrogens (tertiary/aromatic N) is 1. The SMILES string of the molecule is C=CC(=O)NCN1CCCC1=O. The monoisotopic (exact) mass is 168 g/mol. The van der Waals surface area contributed by atoms with Crippen molar-refractivity contribution in [2.45, 2.75) is 12.8 Å². The predicted octanol–water partition coefficient (Wildman–Crippen LogP) is -0.132. The van der Waals surface area contributed by atoms with Crippen LogP contribution in [-0.2, 0) is 9.59 Å². The van der Waals surface area contributed by atoms with E-state index in [9.17, 15) is 9.59 Å². The summed E-state index contributed by atoms with van der Waals surface area (Å²) in [6.07, 6.45) is 2.69. The summed E-state index contributed by atoms with van der Waals surface area (Å²) < 4.78 is 0. The lowest BCUT2D eigenvalue weighted by atomic mass is 10.4. The average molecular weight is 168 g/mol. The Bertz CT molecular complexity index is 213.